The smallest absolute Gasteiger partial charge is 0.183 e. The maximum Gasteiger partial charge on any atom is 0.183 e. The number of ether oxygens (including phenoxy) is 2. The quantitative estimate of drug-likeness (QED) is 0.881. The minimum Gasteiger partial charge on any atom is -0.348 e. The van der Waals surface area contributed by atoms with Gasteiger partial charge in [-0.1, -0.05) is 54.6 Å². The first-order valence-corrected chi connectivity index (χ1v) is 7.39. The zero-order valence-electron chi connectivity index (χ0n) is 12.3. The summed E-state index contributed by atoms with van der Waals surface area (Å²) in [6.45, 7) is 1.26. The van der Waals surface area contributed by atoms with Gasteiger partial charge in [0.05, 0.1) is 19.1 Å². The van der Waals surface area contributed by atoms with E-state index in [1.807, 2.05) is 54.6 Å². The molecule has 2 aromatic rings. The van der Waals surface area contributed by atoms with E-state index in [0.717, 1.165) is 11.1 Å². The van der Waals surface area contributed by atoms with E-state index in [4.69, 9.17) is 15.2 Å². The highest BCUT2D eigenvalue weighted by Gasteiger charge is 2.28. The lowest BCUT2D eigenvalue weighted by Gasteiger charge is -2.29. The molecule has 0 bridgehead atoms. The number of Topliss-reactive ketones (excluding diaryl/α,β-unsaturated/α-hetero) is 1. The largest absolute Gasteiger partial charge is 0.348 e. The van der Waals surface area contributed by atoms with Crippen molar-refractivity contribution in [1.82, 2.24) is 0 Å². The van der Waals surface area contributed by atoms with Crippen molar-refractivity contribution in [2.75, 3.05) is 13.2 Å². The first kappa shape index (κ1) is 14.9. The third kappa shape index (κ3) is 3.25. The number of carbonyl (C=O) groups excluding carboxylic acids is 1. The molecule has 1 heterocycles. The van der Waals surface area contributed by atoms with Gasteiger partial charge >= 0.3 is 0 Å². The molecule has 0 radical (unpaired) electrons. The summed E-state index contributed by atoms with van der Waals surface area (Å²) in [7, 11) is 0. The van der Waals surface area contributed by atoms with Crippen LogP contribution in [0.15, 0.2) is 54.6 Å². The summed E-state index contributed by atoms with van der Waals surface area (Å²) in [6, 6.07) is 17.1. The Morgan fingerprint density at radius 1 is 1.00 bits per heavy atom. The van der Waals surface area contributed by atoms with Crippen LogP contribution in [0.3, 0.4) is 0 Å². The monoisotopic (exact) mass is 297 g/mol. The lowest BCUT2D eigenvalue weighted by atomic mass is 9.98. The van der Waals surface area contributed by atoms with E-state index < -0.39 is 6.29 Å². The van der Waals surface area contributed by atoms with Crippen LogP contribution in [0.4, 0.5) is 0 Å². The van der Waals surface area contributed by atoms with Crippen molar-refractivity contribution >= 4 is 5.78 Å². The molecule has 0 aromatic heterocycles. The van der Waals surface area contributed by atoms with Gasteiger partial charge in [-0.25, -0.2) is 0 Å². The second-order valence-electron chi connectivity index (χ2n) is 5.37. The SMILES string of the molecule is NCc1ccc(C2OCC(C(=O)c3ccccc3)CO2)cc1. The number of nitrogens with two attached hydrogens (primary N) is 1. The van der Waals surface area contributed by atoms with E-state index in [-0.39, 0.29) is 11.7 Å². The summed E-state index contributed by atoms with van der Waals surface area (Å²) in [5, 5.41) is 0. The summed E-state index contributed by atoms with van der Waals surface area (Å²) in [6.07, 6.45) is -0.411. The molecule has 1 aliphatic rings. The predicted molar refractivity (Wildman–Crippen MR) is 83.2 cm³/mol. The molecule has 1 saturated heterocycles. The Kier molecular flexibility index (Phi) is 4.63. The predicted octanol–water partition coefficient (Wildman–Crippen LogP) is 2.69. The lowest BCUT2D eigenvalue weighted by molar-refractivity contribution is -0.197. The number of benzene rings is 2. The van der Waals surface area contributed by atoms with Gasteiger partial charge in [0, 0.05) is 17.7 Å². The number of hydrogen-bond acceptors (Lipinski definition) is 4. The molecule has 4 nitrogen and oxygen atoms in total. The van der Waals surface area contributed by atoms with Crippen LogP contribution in [0.1, 0.15) is 27.8 Å². The molecule has 4 heteroatoms. The van der Waals surface area contributed by atoms with Crippen LogP contribution >= 0.6 is 0 Å². The van der Waals surface area contributed by atoms with Crippen molar-refractivity contribution < 1.29 is 14.3 Å². The Balaban J connectivity index is 1.61. The average Bonchev–Trinajstić information content (AvgIpc) is 2.62. The molecular formula is C18H19NO3. The molecule has 0 aliphatic carbocycles. The maximum absolute atomic E-state index is 12.4. The van der Waals surface area contributed by atoms with Crippen LogP contribution in [0, 0.1) is 5.92 Å². The number of ketones is 1. The zero-order chi connectivity index (χ0) is 15.4. The lowest BCUT2D eigenvalue weighted by Crippen LogP contribution is -2.32. The summed E-state index contributed by atoms with van der Waals surface area (Å²) in [5.74, 6) is -0.181. The minimum absolute atomic E-state index is 0.0672. The molecule has 0 amide bonds. The highest BCUT2D eigenvalue weighted by molar-refractivity contribution is 5.98. The second-order valence-corrected chi connectivity index (χ2v) is 5.37. The number of hydrogen-bond donors (Lipinski definition) is 1. The molecule has 2 aromatic carbocycles. The topological polar surface area (TPSA) is 61.5 Å². The highest BCUT2D eigenvalue weighted by atomic mass is 16.7. The van der Waals surface area contributed by atoms with Crippen LogP contribution in [0.25, 0.3) is 0 Å². The van der Waals surface area contributed by atoms with Crippen LogP contribution in [0.2, 0.25) is 0 Å². The standard InChI is InChI=1S/C18H19NO3/c19-10-13-6-8-15(9-7-13)18-21-11-16(12-22-18)17(20)14-4-2-1-3-5-14/h1-9,16,18H,10-12,19H2. The van der Waals surface area contributed by atoms with E-state index >= 15 is 0 Å². The molecule has 0 saturated carbocycles. The second kappa shape index (κ2) is 6.83. The molecule has 22 heavy (non-hydrogen) atoms. The van der Waals surface area contributed by atoms with Crippen molar-refractivity contribution in [2.24, 2.45) is 11.7 Å². The van der Waals surface area contributed by atoms with Crippen molar-refractivity contribution in [3.63, 3.8) is 0 Å². The van der Waals surface area contributed by atoms with Gasteiger partial charge in [-0.3, -0.25) is 4.79 Å². The highest BCUT2D eigenvalue weighted by Crippen LogP contribution is 2.26. The molecule has 1 fully saturated rings. The molecular weight excluding hydrogens is 278 g/mol. The Labute approximate surface area is 129 Å². The summed E-state index contributed by atoms with van der Waals surface area (Å²) in [4.78, 5) is 12.4. The van der Waals surface area contributed by atoms with E-state index in [2.05, 4.69) is 0 Å². The van der Waals surface area contributed by atoms with Crippen molar-refractivity contribution in [3.8, 4) is 0 Å². The summed E-state index contributed by atoms with van der Waals surface area (Å²) >= 11 is 0. The first-order chi connectivity index (χ1) is 10.8. The molecule has 114 valence electrons. The Bertz CT molecular complexity index is 617. The fourth-order valence-corrected chi connectivity index (χ4v) is 2.50. The Morgan fingerprint density at radius 3 is 2.23 bits per heavy atom. The third-order valence-corrected chi connectivity index (χ3v) is 3.81. The Morgan fingerprint density at radius 2 is 1.64 bits per heavy atom. The van der Waals surface area contributed by atoms with Crippen molar-refractivity contribution in [2.45, 2.75) is 12.8 Å². The Hall–Kier alpha value is -2.01. The minimum atomic E-state index is -0.411. The van der Waals surface area contributed by atoms with Gasteiger partial charge in [-0.05, 0) is 5.56 Å². The van der Waals surface area contributed by atoms with E-state index in [1.54, 1.807) is 0 Å². The fourth-order valence-electron chi connectivity index (χ4n) is 2.50. The van der Waals surface area contributed by atoms with Crippen molar-refractivity contribution in [1.29, 1.82) is 0 Å². The first-order valence-electron chi connectivity index (χ1n) is 7.39. The fraction of sp³-hybridized carbons (Fsp3) is 0.278. The van der Waals surface area contributed by atoms with Crippen LogP contribution in [-0.4, -0.2) is 19.0 Å². The average molecular weight is 297 g/mol. The number of rotatable bonds is 4. The van der Waals surface area contributed by atoms with Gasteiger partial charge < -0.3 is 15.2 Å². The van der Waals surface area contributed by atoms with Crippen molar-refractivity contribution in [3.05, 3.63) is 71.3 Å². The van der Waals surface area contributed by atoms with Gasteiger partial charge in [0.2, 0.25) is 0 Å². The third-order valence-electron chi connectivity index (χ3n) is 3.81. The maximum atomic E-state index is 12.4. The number of carbonyl (C=O) groups is 1. The summed E-state index contributed by atoms with van der Waals surface area (Å²) in [5.41, 5.74) is 8.30. The molecule has 3 rings (SSSR count). The molecule has 0 spiro atoms. The van der Waals surface area contributed by atoms with Crippen LogP contribution in [-0.2, 0) is 16.0 Å². The molecule has 0 atom stereocenters. The van der Waals surface area contributed by atoms with Gasteiger partial charge in [-0.15, -0.1) is 0 Å². The zero-order valence-corrected chi connectivity index (χ0v) is 12.3. The van der Waals surface area contributed by atoms with Gasteiger partial charge in [0.1, 0.15) is 0 Å². The van der Waals surface area contributed by atoms with E-state index in [0.29, 0.717) is 25.3 Å². The van der Waals surface area contributed by atoms with Gasteiger partial charge in [0.25, 0.3) is 0 Å². The van der Waals surface area contributed by atoms with Gasteiger partial charge in [0.15, 0.2) is 12.1 Å². The summed E-state index contributed by atoms with van der Waals surface area (Å²) < 4.78 is 11.4. The molecule has 2 N–H and O–H groups in total. The van der Waals surface area contributed by atoms with Crippen LogP contribution in [0.5, 0.6) is 0 Å². The molecule has 0 unspecified atom stereocenters. The van der Waals surface area contributed by atoms with Gasteiger partial charge in [-0.2, -0.15) is 0 Å². The van der Waals surface area contributed by atoms with E-state index in [1.165, 1.54) is 0 Å². The van der Waals surface area contributed by atoms with Crippen LogP contribution < -0.4 is 5.73 Å². The normalized spacial score (nSPS) is 21.5. The van der Waals surface area contributed by atoms with E-state index in [9.17, 15) is 4.79 Å². The molecule has 1 aliphatic heterocycles.